The highest BCUT2D eigenvalue weighted by Gasteiger charge is 2.07. The Hall–Kier alpha value is -3.26. The first kappa shape index (κ1) is 15.6. The zero-order valence-corrected chi connectivity index (χ0v) is 13.6. The van der Waals surface area contributed by atoms with E-state index in [0.29, 0.717) is 23.6 Å². The van der Waals surface area contributed by atoms with Crippen molar-refractivity contribution in [1.29, 1.82) is 5.26 Å². The Morgan fingerprint density at radius 1 is 1.21 bits per heavy atom. The molecule has 0 spiro atoms. The van der Waals surface area contributed by atoms with E-state index < -0.39 is 0 Å². The average Bonchev–Trinajstić information content (AvgIpc) is 3.04. The van der Waals surface area contributed by atoms with Gasteiger partial charge in [0.05, 0.1) is 49.8 Å². The number of methoxy groups -OCH3 is 2. The van der Waals surface area contributed by atoms with Gasteiger partial charge in [-0.2, -0.15) is 5.26 Å². The molecule has 1 heterocycles. The molecular weight excluding hydrogens is 302 g/mol. The molecule has 0 fully saturated rings. The summed E-state index contributed by atoms with van der Waals surface area (Å²) in [6.45, 7) is 0.451. The Kier molecular flexibility index (Phi) is 4.48. The van der Waals surface area contributed by atoms with Crippen molar-refractivity contribution in [2.45, 2.75) is 6.54 Å². The van der Waals surface area contributed by atoms with Crippen LogP contribution in [0.25, 0.3) is 17.1 Å². The van der Waals surface area contributed by atoms with E-state index in [9.17, 15) is 5.26 Å². The Balaban J connectivity index is 1.94. The Labute approximate surface area is 140 Å². The molecule has 0 radical (unpaired) electrons. The number of imidazole rings is 1. The van der Waals surface area contributed by atoms with Crippen LogP contribution in [-0.4, -0.2) is 23.8 Å². The van der Waals surface area contributed by atoms with Crippen molar-refractivity contribution in [3.05, 3.63) is 59.9 Å². The van der Waals surface area contributed by atoms with E-state index in [-0.39, 0.29) is 0 Å². The summed E-state index contributed by atoms with van der Waals surface area (Å²) in [5, 5.41) is 9.51. The van der Waals surface area contributed by atoms with Crippen LogP contribution in [0.5, 0.6) is 11.5 Å². The summed E-state index contributed by atoms with van der Waals surface area (Å²) in [6, 6.07) is 15.6. The molecule has 24 heavy (non-hydrogen) atoms. The maximum Gasteiger partial charge on any atom is 0.129 e. The van der Waals surface area contributed by atoms with Gasteiger partial charge in [-0.1, -0.05) is 12.1 Å². The third-order valence-electron chi connectivity index (χ3n) is 3.78. The van der Waals surface area contributed by atoms with Gasteiger partial charge in [0.2, 0.25) is 0 Å². The molecule has 0 atom stereocenters. The Bertz CT molecular complexity index is 935. The van der Waals surface area contributed by atoms with Crippen LogP contribution in [0.2, 0.25) is 0 Å². The Morgan fingerprint density at radius 2 is 2.04 bits per heavy atom. The number of nitriles is 1. The molecule has 0 unspecified atom stereocenters. The van der Waals surface area contributed by atoms with Crippen LogP contribution < -0.4 is 9.47 Å². The molecule has 0 amide bonds. The van der Waals surface area contributed by atoms with Gasteiger partial charge in [-0.3, -0.25) is 0 Å². The molecule has 5 nitrogen and oxygen atoms in total. The van der Waals surface area contributed by atoms with Crippen molar-refractivity contribution in [2.75, 3.05) is 14.2 Å². The zero-order chi connectivity index (χ0) is 16.9. The SMILES string of the molecule is COc1ccc(/C=C(/C#N)Cn2cnc3ccccc32)c(OC)c1. The molecule has 3 aromatic rings. The van der Waals surface area contributed by atoms with Gasteiger partial charge < -0.3 is 14.0 Å². The minimum Gasteiger partial charge on any atom is -0.497 e. The van der Waals surface area contributed by atoms with Crippen molar-refractivity contribution in [3.63, 3.8) is 0 Å². The van der Waals surface area contributed by atoms with Crippen LogP contribution in [0, 0.1) is 11.3 Å². The molecule has 120 valence electrons. The maximum atomic E-state index is 9.51. The van der Waals surface area contributed by atoms with Crippen molar-refractivity contribution in [1.82, 2.24) is 9.55 Å². The molecule has 0 aliphatic rings. The number of allylic oxidation sites excluding steroid dienone is 1. The number of nitrogens with zero attached hydrogens (tertiary/aromatic N) is 3. The predicted octanol–water partition coefficient (Wildman–Crippen LogP) is 3.66. The molecule has 0 saturated heterocycles. The topological polar surface area (TPSA) is 60.1 Å². The number of hydrogen-bond donors (Lipinski definition) is 0. The van der Waals surface area contributed by atoms with E-state index in [1.807, 2.05) is 47.0 Å². The number of hydrogen-bond acceptors (Lipinski definition) is 4. The lowest BCUT2D eigenvalue weighted by molar-refractivity contribution is 0.393. The third kappa shape index (κ3) is 3.08. The zero-order valence-electron chi connectivity index (χ0n) is 13.6. The van der Waals surface area contributed by atoms with E-state index in [1.54, 1.807) is 26.6 Å². The molecule has 5 heteroatoms. The van der Waals surface area contributed by atoms with E-state index in [2.05, 4.69) is 11.1 Å². The van der Waals surface area contributed by atoms with Crippen molar-refractivity contribution in [3.8, 4) is 17.6 Å². The summed E-state index contributed by atoms with van der Waals surface area (Å²) in [6.07, 6.45) is 3.58. The van der Waals surface area contributed by atoms with Crippen LogP contribution in [0.3, 0.4) is 0 Å². The van der Waals surface area contributed by atoms with Gasteiger partial charge in [0.1, 0.15) is 11.5 Å². The number of ether oxygens (including phenoxy) is 2. The fourth-order valence-electron chi connectivity index (χ4n) is 2.56. The number of fused-ring (bicyclic) bond motifs is 1. The van der Waals surface area contributed by atoms with E-state index in [0.717, 1.165) is 16.6 Å². The molecule has 1 aromatic heterocycles. The van der Waals surface area contributed by atoms with Gasteiger partial charge in [0.25, 0.3) is 0 Å². The molecule has 2 aromatic carbocycles. The molecule has 0 bridgehead atoms. The lowest BCUT2D eigenvalue weighted by Gasteiger charge is -2.08. The second-order valence-corrected chi connectivity index (χ2v) is 5.25. The van der Waals surface area contributed by atoms with E-state index in [4.69, 9.17) is 9.47 Å². The summed E-state index contributed by atoms with van der Waals surface area (Å²) in [5.74, 6) is 1.38. The smallest absolute Gasteiger partial charge is 0.129 e. The van der Waals surface area contributed by atoms with Gasteiger partial charge in [0, 0.05) is 11.6 Å². The lowest BCUT2D eigenvalue weighted by Crippen LogP contribution is -1.99. The fourth-order valence-corrected chi connectivity index (χ4v) is 2.56. The highest BCUT2D eigenvalue weighted by Crippen LogP contribution is 2.27. The van der Waals surface area contributed by atoms with E-state index in [1.165, 1.54) is 0 Å². The predicted molar refractivity (Wildman–Crippen MR) is 92.9 cm³/mol. The van der Waals surface area contributed by atoms with E-state index >= 15 is 0 Å². The normalized spacial score (nSPS) is 11.3. The molecule has 0 saturated carbocycles. The highest BCUT2D eigenvalue weighted by atomic mass is 16.5. The minimum atomic E-state index is 0.451. The largest absolute Gasteiger partial charge is 0.497 e. The summed E-state index contributed by atoms with van der Waals surface area (Å²) >= 11 is 0. The lowest BCUT2D eigenvalue weighted by atomic mass is 10.1. The summed E-state index contributed by atoms with van der Waals surface area (Å²) in [5.41, 5.74) is 3.36. The molecule has 3 rings (SSSR count). The molecule has 0 aliphatic heterocycles. The van der Waals surface area contributed by atoms with Gasteiger partial charge in [0.15, 0.2) is 0 Å². The highest BCUT2D eigenvalue weighted by molar-refractivity contribution is 5.75. The van der Waals surface area contributed by atoms with Crippen molar-refractivity contribution < 1.29 is 9.47 Å². The van der Waals surface area contributed by atoms with Crippen molar-refractivity contribution >= 4 is 17.1 Å². The van der Waals surface area contributed by atoms with Gasteiger partial charge in [-0.25, -0.2) is 4.98 Å². The standard InChI is InChI=1S/C19H17N3O2/c1-23-16-8-7-15(19(10-16)24-2)9-14(11-20)12-22-13-21-17-5-3-4-6-18(17)22/h3-10,13H,12H2,1-2H3/b14-9-. The second kappa shape index (κ2) is 6.88. The van der Waals surface area contributed by atoms with Gasteiger partial charge in [-0.15, -0.1) is 0 Å². The summed E-state index contributed by atoms with van der Waals surface area (Å²) < 4.78 is 12.5. The molecule has 0 N–H and O–H groups in total. The van der Waals surface area contributed by atoms with Crippen LogP contribution in [0.15, 0.2) is 54.4 Å². The number of aromatic nitrogens is 2. The first-order valence-corrected chi connectivity index (χ1v) is 7.47. The van der Waals surface area contributed by atoms with Crippen LogP contribution in [0.1, 0.15) is 5.56 Å². The molecule has 0 aliphatic carbocycles. The number of rotatable bonds is 5. The average molecular weight is 319 g/mol. The van der Waals surface area contributed by atoms with Gasteiger partial charge in [-0.05, 0) is 30.3 Å². The van der Waals surface area contributed by atoms with Crippen LogP contribution >= 0.6 is 0 Å². The first-order chi connectivity index (χ1) is 11.7. The monoisotopic (exact) mass is 319 g/mol. The maximum absolute atomic E-state index is 9.51. The third-order valence-corrected chi connectivity index (χ3v) is 3.78. The summed E-state index contributed by atoms with van der Waals surface area (Å²) in [4.78, 5) is 4.35. The fraction of sp³-hybridized carbons (Fsp3) is 0.158. The first-order valence-electron chi connectivity index (χ1n) is 7.47. The quantitative estimate of drug-likeness (QED) is 0.673. The number of para-hydroxylation sites is 2. The van der Waals surface area contributed by atoms with Crippen LogP contribution in [0.4, 0.5) is 0 Å². The van der Waals surface area contributed by atoms with Crippen LogP contribution in [-0.2, 0) is 6.54 Å². The van der Waals surface area contributed by atoms with Crippen molar-refractivity contribution in [2.24, 2.45) is 0 Å². The summed E-state index contributed by atoms with van der Waals surface area (Å²) in [7, 11) is 3.21. The molecular formula is C19H17N3O2. The van der Waals surface area contributed by atoms with Gasteiger partial charge >= 0.3 is 0 Å². The minimum absolute atomic E-state index is 0.451. The second-order valence-electron chi connectivity index (χ2n) is 5.25. The Morgan fingerprint density at radius 3 is 2.79 bits per heavy atom. The number of benzene rings is 2.